The quantitative estimate of drug-likeness (QED) is 0.864. The molecule has 0 fully saturated rings. The minimum Gasteiger partial charge on any atom is -0.456 e. The molecule has 0 aliphatic carbocycles. The van der Waals surface area contributed by atoms with Gasteiger partial charge in [0.2, 0.25) is 0 Å². The van der Waals surface area contributed by atoms with E-state index in [9.17, 15) is 0 Å². The molecule has 0 amide bonds. The molecule has 1 N–H and O–H groups in total. The van der Waals surface area contributed by atoms with Crippen molar-refractivity contribution in [2.75, 3.05) is 6.54 Å². The van der Waals surface area contributed by atoms with Crippen LogP contribution in [0.4, 0.5) is 0 Å². The molecule has 0 heterocycles. The first-order chi connectivity index (χ1) is 9.20. The number of hydrogen-bond acceptors (Lipinski definition) is 2. The number of aryl methyl sites for hydroxylation is 1. The van der Waals surface area contributed by atoms with Gasteiger partial charge in [-0.2, -0.15) is 0 Å². The molecule has 0 unspecified atom stereocenters. The van der Waals surface area contributed by atoms with Crippen LogP contribution in [-0.4, -0.2) is 6.54 Å². The predicted octanol–water partition coefficient (Wildman–Crippen LogP) is 4.55. The van der Waals surface area contributed by atoms with E-state index in [2.05, 4.69) is 12.2 Å². The molecule has 0 aromatic heterocycles. The molecule has 19 heavy (non-hydrogen) atoms. The Balaban J connectivity index is 2.15. The summed E-state index contributed by atoms with van der Waals surface area (Å²) in [6.45, 7) is 5.86. The van der Waals surface area contributed by atoms with Gasteiger partial charge in [-0.3, -0.25) is 0 Å². The van der Waals surface area contributed by atoms with Crippen LogP contribution in [0.5, 0.6) is 11.5 Å². The molecule has 2 aromatic rings. The number of benzene rings is 2. The van der Waals surface area contributed by atoms with Crippen LogP contribution >= 0.6 is 11.6 Å². The highest BCUT2D eigenvalue weighted by Crippen LogP contribution is 2.31. The largest absolute Gasteiger partial charge is 0.456 e. The zero-order chi connectivity index (χ0) is 13.7. The zero-order valence-corrected chi connectivity index (χ0v) is 12.0. The van der Waals surface area contributed by atoms with Crippen molar-refractivity contribution < 1.29 is 4.74 Å². The Bertz CT molecular complexity index is 554. The lowest BCUT2D eigenvalue weighted by atomic mass is 10.2. The molecule has 100 valence electrons. The Morgan fingerprint density at radius 3 is 2.58 bits per heavy atom. The molecule has 0 bridgehead atoms. The minimum atomic E-state index is 0.638. The average Bonchev–Trinajstić information content (AvgIpc) is 2.41. The fourth-order valence-electron chi connectivity index (χ4n) is 1.80. The SMILES string of the molecule is CCNCc1ccc(Oc2ccccc2C)c(Cl)c1. The number of rotatable bonds is 5. The van der Waals surface area contributed by atoms with E-state index in [1.807, 2.05) is 49.4 Å². The monoisotopic (exact) mass is 275 g/mol. The van der Waals surface area contributed by atoms with Gasteiger partial charge < -0.3 is 10.1 Å². The van der Waals surface area contributed by atoms with Crippen molar-refractivity contribution in [2.45, 2.75) is 20.4 Å². The summed E-state index contributed by atoms with van der Waals surface area (Å²) in [6, 6.07) is 13.8. The lowest BCUT2D eigenvalue weighted by molar-refractivity contribution is 0.479. The number of halogens is 1. The first kappa shape index (κ1) is 13.9. The van der Waals surface area contributed by atoms with Crippen LogP contribution in [0.15, 0.2) is 42.5 Å². The molecule has 0 saturated carbocycles. The van der Waals surface area contributed by atoms with E-state index in [4.69, 9.17) is 16.3 Å². The van der Waals surface area contributed by atoms with E-state index in [0.717, 1.165) is 30.0 Å². The highest BCUT2D eigenvalue weighted by atomic mass is 35.5. The van der Waals surface area contributed by atoms with Crippen LogP contribution < -0.4 is 10.1 Å². The Morgan fingerprint density at radius 1 is 1.11 bits per heavy atom. The van der Waals surface area contributed by atoms with Gasteiger partial charge in [0.05, 0.1) is 5.02 Å². The Hall–Kier alpha value is -1.51. The Labute approximate surface area is 119 Å². The van der Waals surface area contributed by atoms with Crippen LogP contribution in [0.25, 0.3) is 0 Å². The van der Waals surface area contributed by atoms with Gasteiger partial charge in [-0.25, -0.2) is 0 Å². The van der Waals surface area contributed by atoms with Crippen molar-refractivity contribution in [3.05, 3.63) is 58.6 Å². The molecule has 0 atom stereocenters. The number of para-hydroxylation sites is 1. The molecule has 0 saturated heterocycles. The molecule has 2 nitrogen and oxygen atoms in total. The van der Waals surface area contributed by atoms with Crippen molar-refractivity contribution in [1.82, 2.24) is 5.32 Å². The lowest BCUT2D eigenvalue weighted by Gasteiger charge is -2.11. The van der Waals surface area contributed by atoms with E-state index in [-0.39, 0.29) is 0 Å². The van der Waals surface area contributed by atoms with Gasteiger partial charge in [0.25, 0.3) is 0 Å². The molecule has 2 aromatic carbocycles. The third-order valence-electron chi connectivity index (χ3n) is 2.89. The Morgan fingerprint density at radius 2 is 1.89 bits per heavy atom. The van der Waals surface area contributed by atoms with E-state index in [0.29, 0.717) is 10.8 Å². The second-order valence-corrected chi connectivity index (χ2v) is 4.82. The summed E-state index contributed by atoms with van der Waals surface area (Å²) in [5, 5.41) is 3.91. The fourth-order valence-corrected chi connectivity index (χ4v) is 2.04. The number of nitrogens with one attached hydrogen (secondary N) is 1. The summed E-state index contributed by atoms with van der Waals surface area (Å²) in [7, 11) is 0. The highest BCUT2D eigenvalue weighted by Gasteiger charge is 2.06. The summed E-state index contributed by atoms with van der Waals surface area (Å²) in [4.78, 5) is 0. The highest BCUT2D eigenvalue weighted by molar-refractivity contribution is 6.32. The van der Waals surface area contributed by atoms with Gasteiger partial charge in [0.15, 0.2) is 0 Å². The molecule has 0 aliphatic rings. The maximum Gasteiger partial charge on any atom is 0.146 e. The summed E-state index contributed by atoms with van der Waals surface area (Å²) in [6.07, 6.45) is 0. The van der Waals surface area contributed by atoms with Crippen molar-refractivity contribution >= 4 is 11.6 Å². The van der Waals surface area contributed by atoms with Crippen LogP contribution in [-0.2, 0) is 6.54 Å². The van der Waals surface area contributed by atoms with Gasteiger partial charge >= 0.3 is 0 Å². The lowest BCUT2D eigenvalue weighted by Crippen LogP contribution is -2.11. The van der Waals surface area contributed by atoms with Crippen molar-refractivity contribution in [1.29, 1.82) is 0 Å². The van der Waals surface area contributed by atoms with Crippen molar-refractivity contribution in [2.24, 2.45) is 0 Å². The predicted molar refractivity (Wildman–Crippen MR) is 80.1 cm³/mol. The molecular weight excluding hydrogens is 258 g/mol. The minimum absolute atomic E-state index is 0.638. The average molecular weight is 276 g/mol. The van der Waals surface area contributed by atoms with Gasteiger partial charge in [-0.1, -0.05) is 42.8 Å². The summed E-state index contributed by atoms with van der Waals surface area (Å²) in [5.41, 5.74) is 2.25. The smallest absolute Gasteiger partial charge is 0.146 e. The molecule has 0 spiro atoms. The van der Waals surface area contributed by atoms with E-state index < -0.39 is 0 Å². The van der Waals surface area contributed by atoms with Crippen molar-refractivity contribution in [3.63, 3.8) is 0 Å². The maximum atomic E-state index is 6.26. The van der Waals surface area contributed by atoms with Gasteiger partial charge in [-0.15, -0.1) is 0 Å². The second-order valence-electron chi connectivity index (χ2n) is 4.41. The van der Waals surface area contributed by atoms with E-state index in [1.54, 1.807) is 0 Å². The number of hydrogen-bond donors (Lipinski definition) is 1. The first-order valence-electron chi connectivity index (χ1n) is 6.43. The Kier molecular flexibility index (Phi) is 4.83. The standard InChI is InChI=1S/C16H18ClNO/c1-3-18-11-13-8-9-16(14(17)10-13)19-15-7-5-4-6-12(15)2/h4-10,18H,3,11H2,1-2H3. The van der Waals surface area contributed by atoms with Crippen LogP contribution in [0.3, 0.4) is 0 Å². The molecular formula is C16H18ClNO. The number of ether oxygens (including phenoxy) is 1. The topological polar surface area (TPSA) is 21.3 Å². The normalized spacial score (nSPS) is 10.5. The van der Waals surface area contributed by atoms with E-state index >= 15 is 0 Å². The van der Waals surface area contributed by atoms with Crippen LogP contribution in [0.2, 0.25) is 5.02 Å². The first-order valence-corrected chi connectivity index (χ1v) is 6.81. The summed E-state index contributed by atoms with van der Waals surface area (Å²) in [5.74, 6) is 1.53. The van der Waals surface area contributed by atoms with Gasteiger partial charge in [0, 0.05) is 6.54 Å². The van der Waals surface area contributed by atoms with E-state index in [1.165, 1.54) is 0 Å². The summed E-state index contributed by atoms with van der Waals surface area (Å²) >= 11 is 6.26. The van der Waals surface area contributed by atoms with Gasteiger partial charge in [0.1, 0.15) is 11.5 Å². The molecule has 0 aliphatic heterocycles. The zero-order valence-electron chi connectivity index (χ0n) is 11.2. The summed E-state index contributed by atoms with van der Waals surface area (Å²) < 4.78 is 5.85. The third-order valence-corrected chi connectivity index (χ3v) is 3.18. The van der Waals surface area contributed by atoms with Crippen LogP contribution in [0, 0.1) is 6.92 Å². The molecule has 0 radical (unpaired) electrons. The second kappa shape index (κ2) is 6.60. The fraction of sp³-hybridized carbons (Fsp3) is 0.250. The molecule has 3 heteroatoms. The van der Waals surface area contributed by atoms with Crippen LogP contribution in [0.1, 0.15) is 18.1 Å². The third kappa shape index (κ3) is 3.72. The van der Waals surface area contributed by atoms with Crippen molar-refractivity contribution in [3.8, 4) is 11.5 Å². The maximum absolute atomic E-state index is 6.26. The molecule has 2 rings (SSSR count). The van der Waals surface area contributed by atoms with Gasteiger partial charge in [-0.05, 0) is 42.8 Å².